The van der Waals surface area contributed by atoms with E-state index in [4.69, 9.17) is 9.47 Å². The molecule has 0 aliphatic carbocycles. The van der Waals surface area contributed by atoms with Crippen LogP contribution in [0.2, 0.25) is 0 Å². The number of benzene rings is 1. The van der Waals surface area contributed by atoms with E-state index in [2.05, 4.69) is 10.3 Å². The number of aromatic nitrogens is 1. The van der Waals surface area contributed by atoms with Crippen molar-refractivity contribution in [3.05, 3.63) is 48.3 Å². The van der Waals surface area contributed by atoms with Crippen LogP contribution in [-0.2, 0) is 11.2 Å². The summed E-state index contributed by atoms with van der Waals surface area (Å²) in [5.41, 5.74) is 1.49. The summed E-state index contributed by atoms with van der Waals surface area (Å²) in [6, 6.07) is 10.9. The van der Waals surface area contributed by atoms with Gasteiger partial charge in [0.25, 0.3) is 0 Å². The molecule has 0 aliphatic rings. The number of pyridine rings is 1. The third-order valence-corrected chi connectivity index (χ3v) is 3.02. The molecule has 0 bridgehead atoms. The molecule has 21 heavy (non-hydrogen) atoms. The van der Waals surface area contributed by atoms with Gasteiger partial charge in [0.2, 0.25) is 5.91 Å². The molecule has 0 fully saturated rings. The van der Waals surface area contributed by atoms with E-state index in [1.807, 2.05) is 18.2 Å². The molecule has 0 aliphatic heterocycles. The fourth-order valence-corrected chi connectivity index (χ4v) is 1.91. The minimum absolute atomic E-state index is 0.0905. The van der Waals surface area contributed by atoms with Crippen molar-refractivity contribution in [1.29, 1.82) is 0 Å². The number of ether oxygens (including phenoxy) is 2. The average Bonchev–Trinajstić information content (AvgIpc) is 2.54. The van der Waals surface area contributed by atoms with Crippen LogP contribution in [0.1, 0.15) is 12.1 Å². The van der Waals surface area contributed by atoms with Crippen LogP contribution in [0, 0.1) is 0 Å². The zero-order chi connectivity index (χ0) is 15.1. The molecule has 5 nitrogen and oxygen atoms in total. The lowest BCUT2D eigenvalue weighted by molar-refractivity contribution is -0.116. The van der Waals surface area contributed by atoms with Crippen molar-refractivity contribution >= 4 is 11.6 Å². The summed E-state index contributed by atoms with van der Waals surface area (Å²) in [5, 5.41) is 2.83. The molecular weight excluding hydrogens is 268 g/mol. The number of aryl methyl sites for hydroxylation is 1. The first-order valence-corrected chi connectivity index (χ1v) is 6.64. The van der Waals surface area contributed by atoms with E-state index in [9.17, 15) is 4.79 Å². The average molecular weight is 286 g/mol. The maximum atomic E-state index is 12.0. The van der Waals surface area contributed by atoms with Crippen molar-refractivity contribution in [2.24, 2.45) is 0 Å². The van der Waals surface area contributed by atoms with Crippen LogP contribution in [0.5, 0.6) is 11.5 Å². The minimum Gasteiger partial charge on any atom is -0.497 e. The highest BCUT2D eigenvalue weighted by atomic mass is 16.5. The minimum atomic E-state index is -0.0905. The Balaban J connectivity index is 1.99. The van der Waals surface area contributed by atoms with Gasteiger partial charge in [0.15, 0.2) is 0 Å². The SMILES string of the molecule is COc1ccc(OC)c(NC(=O)CCc2ccccn2)c1. The predicted octanol–water partition coefficient (Wildman–Crippen LogP) is 2.67. The predicted molar refractivity (Wildman–Crippen MR) is 80.7 cm³/mol. The molecule has 1 amide bonds. The summed E-state index contributed by atoms with van der Waals surface area (Å²) < 4.78 is 10.4. The number of anilines is 1. The molecule has 2 aromatic rings. The maximum Gasteiger partial charge on any atom is 0.224 e. The van der Waals surface area contributed by atoms with E-state index >= 15 is 0 Å². The molecular formula is C16H18N2O3. The van der Waals surface area contributed by atoms with Crippen molar-refractivity contribution in [3.8, 4) is 11.5 Å². The number of hydrogen-bond acceptors (Lipinski definition) is 4. The van der Waals surface area contributed by atoms with Gasteiger partial charge in [0.05, 0.1) is 19.9 Å². The van der Waals surface area contributed by atoms with Gasteiger partial charge in [-0.2, -0.15) is 0 Å². The lowest BCUT2D eigenvalue weighted by Crippen LogP contribution is -2.13. The van der Waals surface area contributed by atoms with E-state index < -0.39 is 0 Å². The van der Waals surface area contributed by atoms with Crippen LogP contribution >= 0.6 is 0 Å². The Morgan fingerprint density at radius 2 is 2.05 bits per heavy atom. The zero-order valence-electron chi connectivity index (χ0n) is 12.1. The lowest BCUT2D eigenvalue weighted by atomic mass is 10.2. The molecule has 0 radical (unpaired) electrons. The summed E-state index contributed by atoms with van der Waals surface area (Å²) in [6.45, 7) is 0. The van der Waals surface area contributed by atoms with Gasteiger partial charge < -0.3 is 14.8 Å². The summed E-state index contributed by atoms with van der Waals surface area (Å²) in [5.74, 6) is 1.17. The molecule has 0 saturated carbocycles. The largest absolute Gasteiger partial charge is 0.497 e. The number of carbonyl (C=O) groups is 1. The van der Waals surface area contributed by atoms with E-state index in [-0.39, 0.29) is 5.91 Å². The maximum absolute atomic E-state index is 12.0. The first-order valence-electron chi connectivity index (χ1n) is 6.64. The van der Waals surface area contributed by atoms with Crippen LogP contribution in [0.25, 0.3) is 0 Å². The van der Waals surface area contributed by atoms with Crippen LogP contribution in [0.15, 0.2) is 42.6 Å². The summed E-state index contributed by atoms with van der Waals surface area (Å²) in [4.78, 5) is 16.2. The highest BCUT2D eigenvalue weighted by molar-refractivity contribution is 5.92. The van der Waals surface area contributed by atoms with Gasteiger partial charge in [0, 0.05) is 24.4 Å². The Kier molecular flexibility index (Phi) is 5.15. The number of amides is 1. The highest BCUT2D eigenvalue weighted by Crippen LogP contribution is 2.28. The first-order chi connectivity index (χ1) is 10.2. The fraction of sp³-hybridized carbons (Fsp3) is 0.250. The van der Waals surface area contributed by atoms with Crippen molar-refractivity contribution in [2.75, 3.05) is 19.5 Å². The smallest absolute Gasteiger partial charge is 0.224 e. The topological polar surface area (TPSA) is 60.5 Å². The second-order valence-electron chi connectivity index (χ2n) is 4.44. The molecule has 1 aromatic carbocycles. The van der Waals surface area contributed by atoms with Crippen molar-refractivity contribution in [2.45, 2.75) is 12.8 Å². The summed E-state index contributed by atoms with van der Waals surface area (Å²) >= 11 is 0. The highest BCUT2D eigenvalue weighted by Gasteiger charge is 2.09. The first kappa shape index (κ1) is 14.8. The molecule has 1 N–H and O–H groups in total. The summed E-state index contributed by atoms with van der Waals surface area (Å²) in [6.07, 6.45) is 2.68. The van der Waals surface area contributed by atoms with Crippen LogP contribution < -0.4 is 14.8 Å². The van der Waals surface area contributed by atoms with Gasteiger partial charge in [-0.3, -0.25) is 9.78 Å². The van der Waals surface area contributed by atoms with E-state index in [0.29, 0.717) is 30.0 Å². The van der Waals surface area contributed by atoms with E-state index in [0.717, 1.165) is 5.69 Å². The number of rotatable bonds is 6. The number of carbonyl (C=O) groups excluding carboxylic acids is 1. The van der Waals surface area contributed by atoms with E-state index in [1.165, 1.54) is 0 Å². The second kappa shape index (κ2) is 7.28. The van der Waals surface area contributed by atoms with Gasteiger partial charge in [-0.25, -0.2) is 0 Å². The van der Waals surface area contributed by atoms with Crippen LogP contribution in [0.3, 0.4) is 0 Å². The lowest BCUT2D eigenvalue weighted by Gasteiger charge is -2.11. The third-order valence-electron chi connectivity index (χ3n) is 3.02. The van der Waals surface area contributed by atoms with Gasteiger partial charge >= 0.3 is 0 Å². The number of nitrogens with one attached hydrogen (secondary N) is 1. The van der Waals surface area contributed by atoms with Gasteiger partial charge in [-0.1, -0.05) is 6.07 Å². The number of hydrogen-bond donors (Lipinski definition) is 1. The van der Waals surface area contributed by atoms with Crippen molar-refractivity contribution < 1.29 is 14.3 Å². The zero-order valence-corrected chi connectivity index (χ0v) is 12.1. The summed E-state index contributed by atoms with van der Waals surface area (Å²) in [7, 11) is 3.14. The molecule has 1 aromatic heterocycles. The molecule has 0 spiro atoms. The third kappa shape index (κ3) is 4.21. The quantitative estimate of drug-likeness (QED) is 0.887. The Hall–Kier alpha value is -2.56. The van der Waals surface area contributed by atoms with Crippen molar-refractivity contribution in [1.82, 2.24) is 4.98 Å². The normalized spacial score (nSPS) is 10.0. The Labute approximate surface area is 123 Å². The van der Waals surface area contributed by atoms with E-state index in [1.54, 1.807) is 38.6 Å². The fourth-order valence-electron chi connectivity index (χ4n) is 1.91. The second-order valence-corrected chi connectivity index (χ2v) is 4.44. The number of methoxy groups -OCH3 is 2. The molecule has 1 heterocycles. The van der Waals surface area contributed by atoms with Crippen LogP contribution in [0.4, 0.5) is 5.69 Å². The molecule has 0 unspecified atom stereocenters. The molecule has 5 heteroatoms. The van der Waals surface area contributed by atoms with Crippen LogP contribution in [-0.4, -0.2) is 25.1 Å². The monoisotopic (exact) mass is 286 g/mol. The van der Waals surface area contributed by atoms with Gasteiger partial charge in [0.1, 0.15) is 11.5 Å². The molecule has 110 valence electrons. The Morgan fingerprint density at radius 1 is 1.19 bits per heavy atom. The molecule has 0 saturated heterocycles. The Bertz CT molecular complexity index is 600. The van der Waals surface area contributed by atoms with Gasteiger partial charge in [-0.15, -0.1) is 0 Å². The standard InChI is InChI=1S/C16H18N2O3/c1-20-13-7-8-15(21-2)14(11-13)18-16(19)9-6-12-5-3-4-10-17-12/h3-5,7-8,10-11H,6,9H2,1-2H3,(H,18,19). The van der Waals surface area contributed by atoms with Gasteiger partial charge in [-0.05, 0) is 30.7 Å². The Morgan fingerprint density at radius 3 is 2.71 bits per heavy atom. The van der Waals surface area contributed by atoms with Crippen molar-refractivity contribution in [3.63, 3.8) is 0 Å². The number of nitrogens with zero attached hydrogens (tertiary/aromatic N) is 1. The molecule has 0 atom stereocenters. The molecule has 2 rings (SSSR count).